The molecule has 1 aromatic heterocycles. The van der Waals surface area contributed by atoms with Gasteiger partial charge in [-0.2, -0.15) is 0 Å². The van der Waals surface area contributed by atoms with E-state index in [9.17, 15) is 9.59 Å². The zero-order valence-corrected chi connectivity index (χ0v) is 13.1. The minimum Gasteiger partial charge on any atom is -0.484 e. The molecule has 0 amide bonds. The third kappa shape index (κ3) is 2.75. The number of carbonyl (C=O) groups excluding carboxylic acids is 2. The first-order chi connectivity index (χ1) is 11.1. The average Bonchev–Trinajstić information content (AvgIpc) is 2.84. The highest BCUT2D eigenvalue weighted by molar-refractivity contribution is 6.04. The van der Waals surface area contributed by atoms with Crippen molar-refractivity contribution < 1.29 is 14.3 Å². The number of fused-ring (bicyclic) bond motifs is 1. The molecule has 0 saturated heterocycles. The summed E-state index contributed by atoms with van der Waals surface area (Å²) in [6, 6.07) is 14.9. The standard InChI is InChI=1S/C19H17NO3/c1-13-6-5-7-15(10-13)23-12-19(22)20-14(2)17(11-21)16-8-3-4-9-18(16)20/h3-11H,12H2,1-2H3. The number of rotatable bonds is 4. The lowest BCUT2D eigenvalue weighted by Gasteiger charge is -2.09. The number of para-hydroxylation sites is 1. The molecule has 0 radical (unpaired) electrons. The Morgan fingerprint density at radius 1 is 1.13 bits per heavy atom. The minimum absolute atomic E-state index is 0.0821. The molecule has 0 unspecified atom stereocenters. The molecular formula is C19H17NO3. The summed E-state index contributed by atoms with van der Waals surface area (Å²) in [6.07, 6.45) is 0.795. The second-order valence-corrected chi connectivity index (χ2v) is 5.47. The molecular weight excluding hydrogens is 290 g/mol. The first-order valence-electron chi connectivity index (χ1n) is 7.39. The van der Waals surface area contributed by atoms with Crippen molar-refractivity contribution in [3.05, 3.63) is 65.4 Å². The van der Waals surface area contributed by atoms with Crippen LogP contribution in [0.15, 0.2) is 48.5 Å². The van der Waals surface area contributed by atoms with E-state index in [1.54, 1.807) is 11.5 Å². The second-order valence-electron chi connectivity index (χ2n) is 5.47. The number of nitrogens with zero attached hydrogens (tertiary/aromatic N) is 1. The lowest BCUT2D eigenvalue weighted by atomic mass is 10.1. The van der Waals surface area contributed by atoms with E-state index in [1.807, 2.05) is 55.5 Å². The molecule has 4 nitrogen and oxygen atoms in total. The number of aldehydes is 1. The molecule has 1 heterocycles. The Bertz CT molecular complexity index is 893. The van der Waals surface area contributed by atoms with Crippen LogP contribution in [0, 0.1) is 13.8 Å². The zero-order chi connectivity index (χ0) is 16.4. The van der Waals surface area contributed by atoms with E-state index < -0.39 is 0 Å². The average molecular weight is 307 g/mol. The van der Waals surface area contributed by atoms with E-state index in [4.69, 9.17) is 4.74 Å². The summed E-state index contributed by atoms with van der Waals surface area (Å²) in [5, 5.41) is 0.781. The Balaban J connectivity index is 1.92. The van der Waals surface area contributed by atoms with Crippen molar-refractivity contribution in [1.29, 1.82) is 0 Å². The van der Waals surface area contributed by atoms with E-state index in [0.717, 1.165) is 22.8 Å². The van der Waals surface area contributed by atoms with Gasteiger partial charge in [-0.05, 0) is 37.6 Å². The van der Waals surface area contributed by atoms with Crippen LogP contribution in [0.4, 0.5) is 0 Å². The van der Waals surface area contributed by atoms with Crippen LogP contribution in [0.1, 0.15) is 26.4 Å². The van der Waals surface area contributed by atoms with Crippen LogP contribution in [-0.2, 0) is 0 Å². The van der Waals surface area contributed by atoms with Crippen LogP contribution in [0.25, 0.3) is 10.9 Å². The van der Waals surface area contributed by atoms with E-state index in [-0.39, 0.29) is 12.5 Å². The fraction of sp³-hybridized carbons (Fsp3) is 0.158. The van der Waals surface area contributed by atoms with Crippen LogP contribution in [0.2, 0.25) is 0 Å². The molecule has 0 atom stereocenters. The lowest BCUT2D eigenvalue weighted by molar-refractivity contribution is 0.0841. The molecule has 0 aliphatic heterocycles. The summed E-state index contributed by atoms with van der Waals surface area (Å²) in [7, 11) is 0. The highest BCUT2D eigenvalue weighted by Crippen LogP contribution is 2.24. The number of benzene rings is 2. The highest BCUT2D eigenvalue weighted by atomic mass is 16.5. The highest BCUT2D eigenvalue weighted by Gasteiger charge is 2.18. The Hall–Kier alpha value is -2.88. The van der Waals surface area contributed by atoms with E-state index in [1.165, 1.54) is 0 Å². The van der Waals surface area contributed by atoms with Crippen molar-refractivity contribution in [2.24, 2.45) is 0 Å². The Morgan fingerprint density at radius 2 is 1.91 bits per heavy atom. The normalized spacial score (nSPS) is 10.7. The molecule has 4 heteroatoms. The van der Waals surface area contributed by atoms with Crippen LogP contribution in [0.5, 0.6) is 5.75 Å². The predicted molar refractivity (Wildman–Crippen MR) is 89.4 cm³/mol. The molecule has 3 rings (SSSR count). The predicted octanol–water partition coefficient (Wildman–Crippen LogP) is 3.79. The first-order valence-corrected chi connectivity index (χ1v) is 7.39. The van der Waals surface area contributed by atoms with Crippen LogP contribution in [0.3, 0.4) is 0 Å². The summed E-state index contributed by atoms with van der Waals surface area (Å²) in [6.45, 7) is 3.66. The van der Waals surface area contributed by atoms with Crippen LogP contribution < -0.4 is 4.74 Å². The molecule has 0 aliphatic carbocycles. The van der Waals surface area contributed by atoms with Crippen molar-refractivity contribution in [2.75, 3.05) is 6.61 Å². The Morgan fingerprint density at radius 3 is 2.65 bits per heavy atom. The summed E-state index contributed by atoms with van der Waals surface area (Å²) in [4.78, 5) is 23.9. The molecule has 2 aromatic carbocycles. The second kappa shape index (κ2) is 6.08. The lowest BCUT2D eigenvalue weighted by Crippen LogP contribution is -2.20. The molecule has 0 N–H and O–H groups in total. The van der Waals surface area contributed by atoms with Gasteiger partial charge in [-0.25, -0.2) is 0 Å². The van der Waals surface area contributed by atoms with E-state index in [0.29, 0.717) is 17.0 Å². The molecule has 0 spiro atoms. The smallest absolute Gasteiger partial charge is 0.269 e. The summed E-state index contributed by atoms with van der Waals surface area (Å²) < 4.78 is 7.14. The van der Waals surface area contributed by atoms with Crippen LogP contribution >= 0.6 is 0 Å². The summed E-state index contributed by atoms with van der Waals surface area (Å²) in [5.74, 6) is 0.455. The maximum absolute atomic E-state index is 12.6. The minimum atomic E-state index is -0.201. The number of aryl methyl sites for hydroxylation is 1. The van der Waals surface area contributed by atoms with E-state index in [2.05, 4.69) is 0 Å². The topological polar surface area (TPSA) is 48.3 Å². The Kier molecular flexibility index (Phi) is 3.98. The summed E-state index contributed by atoms with van der Waals surface area (Å²) in [5.41, 5.74) is 2.98. The van der Waals surface area contributed by atoms with Crippen molar-refractivity contribution in [2.45, 2.75) is 13.8 Å². The number of hydrogen-bond acceptors (Lipinski definition) is 3. The van der Waals surface area contributed by atoms with Gasteiger partial charge in [0.15, 0.2) is 12.9 Å². The zero-order valence-electron chi connectivity index (χ0n) is 13.1. The van der Waals surface area contributed by atoms with Gasteiger partial charge in [-0.1, -0.05) is 30.3 Å². The Labute approximate surface area is 134 Å². The monoisotopic (exact) mass is 307 g/mol. The largest absolute Gasteiger partial charge is 0.484 e. The number of ether oxygens (including phenoxy) is 1. The quantitative estimate of drug-likeness (QED) is 0.689. The number of aromatic nitrogens is 1. The van der Waals surface area contributed by atoms with E-state index >= 15 is 0 Å². The van der Waals surface area contributed by atoms with Gasteiger partial charge in [-0.3, -0.25) is 14.2 Å². The molecule has 0 fully saturated rings. The van der Waals surface area contributed by atoms with Gasteiger partial charge >= 0.3 is 0 Å². The van der Waals surface area contributed by atoms with Gasteiger partial charge < -0.3 is 4.74 Å². The number of hydrogen-bond donors (Lipinski definition) is 0. The third-order valence-corrected chi connectivity index (χ3v) is 3.88. The van der Waals surface area contributed by atoms with Gasteiger partial charge in [-0.15, -0.1) is 0 Å². The van der Waals surface area contributed by atoms with Crippen LogP contribution in [-0.4, -0.2) is 23.4 Å². The molecule has 116 valence electrons. The number of carbonyl (C=O) groups is 2. The van der Waals surface area contributed by atoms with Crippen molar-refractivity contribution in [1.82, 2.24) is 4.57 Å². The van der Waals surface area contributed by atoms with Gasteiger partial charge in [0.2, 0.25) is 0 Å². The maximum atomic E-state index is 12.6. The SMILES string of the molecule is Cc1cccc(OCC(=O)n2c(C)c(C=O)c3ccccc32)c1. The maximum Gasteiger partial charge on any atom is 0.269 e. The van der Waals surface area contributed by atoms with Crippen molar-refractivity contribution >= 4 is 23.1 Å². The molecule has 0 saturated carbocycles. The fourth-order valence-corrected chi connectivity index (χ4v) is 2.78. The third-order valence-electron chi connectivity index (χ3n) is 3.88. The van der Waals surface area contributed by atoms with Gasteiger partial charge in [0.1, 0.15) is 5.75 Å². The fourth-order valence-electron chi connectivity index (χ4n) is 2.78. The summed E-state index contributed by atoms with van der Waals surface area (Å²) >= 11 is 0. The van der Waals surface area contributed by atoms with Gasteiger partial charge in [0.25, 0.3) is 5.91 Å². The molecule has 0 aliphatic rings. The van der Waals surface area contributed by atoms with Gasteiger partial charge in [0, 0.05) is 16.6 Å². The van der Waals surface area contributed by atoms with Crippen molar-refractivity contribution in [3.8, 4) is 5.75 Å². The first kappa shape index (κ1) is 15.0. The molecule has 3 aromatic rings. The van der Waals surface area contributed by atoms with Crippen molar-refractivity contribution in [3.63, 3.8) is 0 Å². The molecule has 23 heavy (non-hydrogen) atoms. The van der Waals surface area contributed by atoms with Gasteiger partial charge in [0.05, 0.1) is 5.52 Å². The molecule has 0 bridgehead atoms.